The van der Waals surface area contributed by atoms with E-state index < -0.39 is 0 Å². The van der Waals surface area contributed by atoms with Crippen molar-refractivity contribution in [1.82, 2.24) is 0 Å². The van der Waals surface area contributed by atoms with Gasteiger partial charge in [-0.2, -0.15) is 0 Å². The van der Waals surface area contributed by atoms with E-state index in [0.29, 0.717) is 16.3 Å². The Hall–Kier alpha value is -0.840. The third-order valence-electron chi connectivity index (χ3n) is 2.61. The minimum Gasteiger partial charge on any atom is -0.322 e. The SMILES string of the molecule is Cc1cc(Br)ccc1C(=O)Nc1ccc(Cl)c(Br)c1. The number of halogens is 3. The first-order valence-corrected chi connectivity index (χ1v) is 7.46. The molecule has 0 aromatic heterocycles. The van der Waals surface area contributed by atoms with Gasteiger partial charge in [0.1, 0.15) is 0 Å². The first-order valence-electron chi connectivity index (χ1n) is 5.50. The van der Waals surface area contributed by atoms with E-state index in [2.05, 4.69) is 37.2 Å². The van der Waals surface area contributed by atoms with Crippen molar-refractivity contribution in [3.8, 4) is 0 Å². The molecular weight excluding hydrogens is 393 g/mol. The molecule has 0 aliphatic carbocycles. The third-order valence-corrected chi connectivity index (χ3v) is 4.32. The Morgan fingerprint density at radius 3 is 2.53 bits per heavy atom. The van der Waals surface area contributed by atoms with Crippen LogP contribution >= 0.6 is 43.5 Å². The van der Waals surface area contributed by atoms with E-state index in [0.717, 1.165) is 14.5 Å². The van der Waals surface area contributed by atoms with Gasteiger partial charge in [0, 0.05) is 20.2 Å². The average molecular weight is 404 g/mol. The fraction of sp³-hybridized carbons (Fsp3) is 0.0714. The molecule has 0 aliphatic rings. The molecule has 5 heteroatoms. The smallest absolute Gasteiger partial charge is 0.255 e. The van der Waals surface area contributed by atoms with Gasteiger partial charge in [-0.15, -0.1) is 0 Å². The van der Waals surface area contributed by atoms with Crippen LogP contribution in [0.15, 0.2) is 45.3 Å². The number of hydrogen-bond acceptors (Lipinski definition) is 1. The van der Waals surface area contributed by atoms with E-state index in [1.165, 1.54) is 0 Å². The zero-order valence-electron chi connectivity index (χ0n) is 10.0. The van der Waals surface area contributed by atoms with Gasteiger partial charge in [0.05, 0.1) is 5.02 Å². The van der Waals surface area contributed by atoms with Crippen LogP contribution in [0.25, 0.3) is 0 Å². The predicted octanol–water partition coefficient (Wildman–Crippen LogP) is 5.43. The summed E-state index contributed by atoms with van der Waals surface area (Å²) in [5, 5.41) is 3.45. The van der Waals surface area contributed by atoms with Crippen LogP contribution in [0.5, 0.6) is 0 Å². The summed E-state index contributed by atoms with van der Waals surface area (Å²) in [4.78, 5) is 12.2. The lowest BCUT2D eigenvalue weighted by Crippen LogP contribution is -2.13. The summed E-state index contributed by atoms with van der Waals surface area (Å²) in [6, 6.07) is 10.8. The van der Waals surface area contributed by atoms with Crippen molar-refractivity contribution in [2.45, 2.75) is 6.92 Å². The zero-order valence-corrected chi connectivity index (χ0v) is 13.9. The maximum Gasteiger partial charge on any atom is 0.255 e. The first kappa shape index (κ1) is 14.6. The van der Waals surface area contributed by atoms with Crippen LogP contribution < -0.4 is 5.32 Å². The van der Waals surface area contributed by atoms with Crippen molar-refractivity contribution in [1.29, 1.82) is 0 Å². The molecule has 0 aliphatic heterocycles. The van der Waals surface area contributed by atoms with Crippen molar-refractivity contribution < 1.29 is 4.79 Å². The second-order valence-corrected chi connectivity index (χ2v) is 6.22. The molecule has 1 amide bonds. The molecule has 2 aromatic carbocycles. The van der Waals surface area contributed by atoms with Crippen LogP contribution in [0, 0.1) is 6.92 Å². The average Bonchev–Trinajstić information content (AvgIpc) is 2.33. The zero-order chi connectivity index (χ0) is 14.0. The maximum absolute atomic E-state index is 12.2. The van der Waals surface area contributed by atoms with Crippen molar-refractivity contribution in [3.63, 3.8) is 0 Å². The fourth-order valence-electron chi connectivity index (χ4n) is 1.65. The van der Waals surface area contributed by atoms with E-state index in [9.17, 15) is 4.79 Å². The predicted molar refractivity (Wildman–Crippen MR) is 86.0 cm³/mol. The molecule has 0 spiro atoms. The van der Waals surface area contributed by atoms with Gasteiger partial charge in [0.15, 0.2) is 0 Å². The second-order valence-electron chi connectivity index (χ2n) is 4.04. The molecule has 0 radical (unpaired) electrons. The molecule has 1 N–H and O–H groups in total. The third kappa shape index (κ3) is 3.59. The molecule has 0 saturated heterocycles. The number of aryl methyl sites for hydroxylation is 1. The second kappa shape index (κ2) is 6.07. The van der Waals surface area contributed by atoms with Crippen molar-refractivity contribution in [3.05, 3.63) is 61.5 Å². The first-order chi connectivity index (χ1) is 8.97. The molecule has 2 aromatic rings. The molecule has 0 unspecified atom stereocenters. The highest BCUT2D eigenvalue weighted by molar-refractivity contribution is 9.10. The number of anilines is 1. The van der Waals surface area contributed by atoms with Crippen LogP contribution in [0.1, 0.15) is 15.9 Å². The van der Waals surface area contributed by atoms with Gasteiger partial charge in [-0.1, -0.05) is 27.5 Å². The number of carbonyl (C=O) groups is 1. The summed E-state index contributed by atoms with van der Waals surface area (Å²) in [5.41, 5.74) is 2.26. The van der Waals surface area contributed by atoms with Crippen LogP contribution in [0.3, 0.4) is 0 Å². The van der Waals surface area contributed by atoms with Gasteiger partial charge < -0.3 is 5.32 Å². The number of nitrogens with one attached hydrogen (secondary N) is 1. The number of carbonyl (C=O) groups excluding carboxylic acids is 1. The summed E-state index contributed by atoms with van der Waals surface area (Å²) in [6.45, 7) is 1.90. The quantitative estimate of drug-likeness (QED) is 0.712. The van der Waals surface area contributed by atoms with Gasteiger partial charge in [-0.05, 0) is 64.8 Å². The normalized spacial score (nSPS) is 10.3. The van der Waals surface area contributed by atoms with Gasteiger partial charge in [-0.25, -0.2) is 0 Å². The summed E-state index contributed by atoms with van der Waals surface area (Å²) >= 11 is 12.6. The topological polar surface area (TPSA) is 29.1 Å². The van der Waals surface area contributed by atoms with Gasteiger partial charge in [0.2, 0.25) is 0 Å². The lowest BCUT2D eigenvalue weighted by atomic mass is 10.1. The molecule has 98 valence electrons. The lowest BCUT2D eigenvalue weighted by Gasteiger charge is -2.09. The highest BCUT2D eigenvalue weighted by atomic mass is 79.9. The minimum atomic E-state index is -0.140. The molecule has 0 saturated carbocycles. The molecule has 0 heterocycles. The lowest BCUT2D eigenvalue weighted by molar-refractivity contribution is 0.102. The Labute approximate surface area is 133 Å². The molecular formula is C14H10Br2ClNO. The molecule has 2 rings (SSSR count). The highest BCUT2D eigenvalue weighted by Crippen LogP contribution is 2.26. The van der Waals surface area contributed by atoms with E-state index in [-0.39, 0.29) is 5.91 Å². The maximum atomic E-state index is 12.2. The summed E-state index contributed by atoms with van der Waals surface area (Å²) in [6.07, 6.45) is 0. The fourth-order valence-corrected chi connectivity index (χ4v) is 2.63. The monoisotopic (exact) mass is 401 g/mol. The summed E-state index contributed by atoms with van der Waals surface area (Å²) < 4.78 is 1.70. The van der Waals surface area contributed by atoms with Crippen LogP contribution in [0.4, 0.5) is 5.69 Å². The number of benzene rings is 2. The molecule has 2 nitrogen and oxygen atoms in total. The van der Waals surface area contributed by atoms with E-state index in [1.807, 2.05) is 19.1 Å². The van der Waals surface area contributed by atoms with E-state index in [1.54, 1.807) is 24.3 Å². The van der Waals surface area contributed by atoms with Crippen molar-refractivity contribution in [2.75, 3.05) is 5.32 Å². The number of amides is 1. The Balaban J connectivity index is 2.23. The Kier molecular flexibility index (Phi) is 4.66. The molecule has 0 atom stereocenters. The Morgan fingerprint density at radius 1 is 1.16 bits per heavy atom. The highest BCUT2D eigenvalue weighted by Gasteiger charge is 2.10. The van der Waals surface area contributed by atoms with E-state index in [4.69, 9.17) is 11.6 Å². The van der Waals surface area contributed by atoms with Crippen molar-refractivity contribution in [2.24, 2.45) is 0 Å². The largest absolute Gasteiger partial charge is 0.322 e. The van der Waals surface area contributed by atoms with Crippen molar-refractivity contribution >= 4 is 55.1 Å². The van der Waals surface area contributed by atoms with Crippen LogP contribution in [-0.4, -0.2) is 5.91 Å². The van der Waals surface area contributed by atoms with E-state index >= 15 is 0 Å². The minimum absolute atomic E-state index is 0.140. The number of rotatable bonds is 2. The Morgan fingerprint density at radius 2 is 1.89 bits per heavy atom. The Bertz CT molecular complexity index is 643. The molecule has 0 fully saturated rings. The van der Waals surface area contributed by atoms with Gasteiger partial charge in [0.25, 0.3) is 5.91 Å². The number of hydrogen-bond donors (Lipinski definition) is 1. The van der Waals surface area contributed by atoms with Gasteiger partial charge in [-0.3, -0.25) is 4.79 Å². The standard InChI is InChI=1S/C14H10Br2ClNO/c1-8-6-9(15)2-4-11(8)14(19)18-10-3-5-13(17)12(16)7-10/h2-7H,1H3,(H,18,19). The molecule has 0 bridgehead atoms. The van der Waals surface area contributed by atoms with Crippen LogP contribution in [0.2, 0.25) is 5.02 Å². The summed E-state index contributed by atoms with van der Waals surface area (Å²) in [7, 11) is 0. The van der Waals surface area contributed by atoms with Crippen LogP contribution in [-0.2, 0) is 0 Å². The molecule has 19 heavy (non-hydrogen) atoms. The van der Waals surface area contributed by atoms with Gasteiger partial charge >= 0.3 is 0 Å². The summed E-state index contributed by atoms with van der Waals surface area (Å²) in [5.74, 6) is -0.140.